The highest BCUT2D eigenvalue weighted by molar-refractivity contribution is 6.31. The maximum Gasteiger partial charge on any atom is 0.173 e. The summed E-state index contributed by atoms with van der Waals surface area (Å²) in [4.78, 5) is 0. The molecule has 0 fully saturated rings. The third kappa shape index (κ3) is 3.43. The van der Waals surface area contributed by atoms with Gasteiger partial charge >= 0.3 is 0 Å². The maximum absolute atomic E-state index is 6.07. The van der Waals surface area contributed by atoms with Crippen molar-refractivity contribution in [2.24, 2.45) is 5.84 Å². The SMILES string of the molecule is COC(OC)C(Cc1ccccc1Cl)NN. The van der Waals surface area contributed by atoms with E-state index in [-0.39, 0.29) is 6.04 Å². The molecule has 5 heteroatoms. The summed E-state index contributed by atoms with van der Waals surface area (Å²) >= 11 is 6.07. The molecule has 0 aliphatic heterocycles. The topological polar surface area (TPSA) is 56.5 Å². The fraction of sp³-hybridized carbons (Fsp3) is 0.455. The van der Waals surface area contributed by atoms with Crippen molar-refractivity contribution in [3.63, 3.8) is 0 Å². The van der Waals surface area contributed by atoms with E-state index in [0.29, 0.717) is 11.4 Å². The Balaban J connectivity index is 2.73. The molecular formula is C11H17ClN2O2. The molecule has 0 heterocycles. The molecule has 1 atom stereocenters. The Morgan fingerprint density at radius 3 is 2.44 bits per heavy atom. The van der Waals surface area contributed by atoms with E-state index >= 15 is 0 Å². The molecular weight excluding hydrogens is 228 g/mol. The van der Waals surface area contributed by atoms with Crippen LogP contribution in [0.3, 0.4) is 0 Å². The van der Waals surface area contributed by atoms with Gasteiger partial charge in [0.15, 0.2) is 6.29 Å². The molecule has 1 aromatic carbocycles. The van der Waals surface area contributed by atoms with Crippen LogP contribution < -0.4 is 11.3 Å². The van der Waals surface area contributed by atoms with Gasteiger partial charge in [0.25, 0.3) is 0 Å². The molecule has 3 N–H and O–H groups in total. The molecule has 0 aliphatic rings. The zero-order valence-electron chi connectivity index (χ0n) is 9.44. The number of methoxy groups -OCH3 is 2. The molecule has 0 saturated carbocycles. The Morgan fingerprint density at radius 1 is 1.31 bits per heavy atom. The number of benzene rings is 1. The third-order valence-corrected chi connectivity index (χ3v) is 2.77. The number of nitrogens with two attached hydrogens (primary N) is 1. The Kier molecular flexibility index (Phi) is 5.73. The van der Waals surface area contributed by atoms with Gasteiger partial charge in [0.05, 0.1) is 6.04 Å². The Bertz CT molecular complexity index is 319. The van der Waals surface area contributed by atoms with E-state index in [1.807, 2.05) is 24.3 Å². The Morgan fingerprint density at radius 2 is 1.94 bits per heavy atom. The van der Waals surface area contributed by atoms with Crippen molar-refractivity contribution in [1.29, 1.82) is 0 Å². The number of ether oxygens (including phenoxy) is 2. The van der Waals surface area contributed by atoms with Gasteiger partial charge in [-0.15, -0.1) is 0 Å². The van der Waals surface area contributed by atoms with Crippen LogP contribution in [0.15, 0.2) is 24.3 Å². The first-order chi connectivity index (χ1) is 7.72. The number of nitrogens with one attached hydrogen (secondary N) is 1. The highest BCUT2D eigenvalue weighted by Gasteiger charge is 2.20. The van der Waals surface area contributed by atoms with Crippen LogP contribution in [0.2, 0.25) is 5.02 Å². The number of hydrogen-bond donors (Lipinski definition) is 2. The lowest BCUT2D eigenvalue weighted by atomic mass is 10.1. The smallest absolute Gasteiger partial charge is 0.173 e. The van der Waals surface area contributed by atoms with Crippen molar-refractivity contribution in [3.8, 4) is 0 Å². The van der Waals surface area contributed by atoms with Gasteiger partial charge in [0.1, 0.15) is 0 Å². The predicted molar refractivity (Wildman–Crippen MR) is 64.1 cm³/mol. The fourth-order valence-electron chi connectivity index (χ4n) is 1.56. The molecule has 4 nitrogen and oxygen atoms in total. The van der Waals surface area contributed by atoms with Gasteiger partial charge < -0.3 is 9.47 Å². The van der Waals surface area contributed by atoms with Gasteiger partial charge in [0, 0.05) is 19.2 Å². The molecule has 0 aromatic heterocycles. The molecule has 16 heavy (non-hydrogen) atoms. The summed E-state index contributed by atoms with van der Waals surface area (Å²) in [6.45, 7) is 0. The van der Waals surface area contributed by atoms with Crippen molar-refractivity contribution in [1.82, 2.24) is 5.43 Å². The molecule has 0 saturated heterocycles. The van der Waals surface area contributed by atoms with Gasteiger partial charge in [-0.25, -0.2) is 0 Å². The standard InChI is InChI=1S/C11H17ClN2O2/c1-15-11(16-2)10(14-13)7-8-5-3-4-6-9(8)12/h3-6,10-11,14H,7,13H2,1-2H3. The van der Waals surface area contributed by atoms with Crippen LogP contribution in [0.1, 0.15) is 5.56 Å². The van der Waals surface area contributed by atoms with E-state index in [2.05, 4.69) is 5.43 Å². The molecule has 1 unspecified atom stereocenters. The number of hydrazine groups is 1. The normalized spacial score (nSPS) is 13.1. The summed E-state index contributed by atoms with van der Waals surface area (Å²) in [7, 11) is 3.15. The van der Waals surface area contributed by atoms with Crippen molar-refractivity contribution in [2.75, 3.05) is 14.2 Å². The summed E-state index contributed by atoms with van der Waals surface area (Å²) < 4.78 is 10.3. The van der Waals surface area contributed by atoms with Crippen molar-refractivity contribution >= 4 is 11.6 Å². The molecule has 0 aliphatic carbocycles. The zero-order valence-corrected chi connectivity index (χ0v) is 10.2. The van der Waals surface area contributed by atoms with Crippen LogP contribution in [0.5, 0.6) is 0 Å². The second kappa shape index (κ2) is 6.83. The number of hydrogen-bond acceptors (Lipinski definition) is 4. The summed E-state index contributed by atoms with van der Waals surface area (Å²) in [5.41, 5.74) is 3.68. The Hall–Kier alpha value is -0.650. The predicted octanol–water partition coefficient (Wildman–Crippen LogP) is 1.33. The molecule has 0 bridgehead atoms. The molecule has 0 spiro atoms. The van der Waals surface area contributed by atoms with Crippen LogP contribution in [-0.4, -0.2) is 26.6 Å². The number of rotatable bonds is 6. The fourth-order valence-corrected chi connectivity index (χ4v) is 1.77. The van der Waals surface area contributed by atoms with Gasteiger partial charge in [-0.05, 0) is 18.1 Å². The summed E-state index contributed by atoms with van der Waals surface area (Å²) in [6, 6.07) is 7.48. The van der Waals surface area contributed by atoms with Crippen molar-refractivity contribution in [3.05, 3.63) is 34.9 Å². The largest absolute Gasteiger partial charge is 0.354 e. The molecule has 1 rings (SSSR count). The third-order valence-electron chi connectivity index (χ3n) is 2.40. The van der Waals surface area contributed by atoms with E-state index in [9.17, 15) is 0 Å². The van der Waals surface area contributed by atoms with E-state index in [1.54, 1.807) is 14.2 Å². The summed E-state index contributed by atoms with van der Waals surface area (Å²) in [5.74, 6) is 5.47. The number of halogens is 1. The van der Waals surface area contributed by atoms with Crippen molar-refractivity contribution < 1.29 is 9.47 Å². The van der Waals surface area contributed by atoms with Gasteiger partial charge in [0.2, 0.25) is 0 Å². The van der Waals surface area contributed by atoms with Crippen LogP contribution in [-0.2, 0) is 15.9 Å². The quantitative estimate of drug-likeness (QED) is 0.450. The van der Waals surface area contributed by atoms with Crippen LogP contribution in [0.4, 0.5) is 0 Å². The second-order valence-electron chi connectivity index (χ2n) is 3.41. The minimum Gasteiger partial charge on any atom is -0.354 e. The van der Waals surface area contributed by atoms with Crippen molar-refractivity contribution in [2.45, 2.75) is 18.8 Å². The van der Waals surface area contributed by atoms with E-state index in [1.165, 1.54) is 0 Å². The van der Waals surface area contributed by atoms with E-state index < -0.39 is 6.29 Å². The Labute approximate surface area is 101 Å². The molecule has 0 amide bonds. The minimum absolute atomic E-state index is 0.144. The van der Waals surface area contributed by atoms with Gasteiger partial charge in [-0.1, -0.05) is 29.8 Å². The average Bonchev–Trinajstić information content (AvgIpc) is 2.31. The zero-order chi connectivity index (χ0) is 12.0. The first-order valence-electron chi connectivity index (χ1n) is 4.98. The lowest BCUT2D eigenvalue weighted by molar-refractivity contribution is -0.122. The van der Waals surface area contributed by atoms with Gasteiger partial charge in [-0.3, -0.25) is 11.3 Å². The average molecular weight is 245 g/mol. The second-order valence-corrected chi connectivity index (χ2v) is 3.82. The first kappa shape index (κ1) is 13.4. The van der Waals surface area contributed by atoms with E-state index in [0.717, 1.165) is 5.56 Å². The summed E-state index contributed by atoms with van der Waals surface area (Å²) in [6.07, 6.45) is 0.240. The summed E-state index contributed by atoms with van der Waals surface area (Å²) in [5, 5.41) is 0.716. The lowest BCUT2D eigenvalue weighted by Crippen LogP contribution is -2.47. The van der Waals surface area contributed by atoms with Crippen LogP contribution >= 0.6 is 11.6 Å². The van der Waals surface area contributed by atoms with Crippen LogP contribution in [0, 0.1) is 0 Å². The maximum atomic E-state index is 6.07. The van der Waals surface area contributed by atoms with Crippen LogP contribution in [0.25, 0.3) is 0 Å². The highest BCUT2D eigenvalue weighted by Crippen LogP contribution is 2.18. The minimum atomic E-state index is -0.402. The highest BCUT2D eigenvalue weighted by atomic mass is 35.5. The molecule has 0 radical (unpaired) electrons. The molecule has 90 valence electrons. The van der Waals surface area contributed by atoms with E-state index in [4.69, 9.17) is 26.9 Å². The molecule has 1 aromatic rings. The monoisotopic (exact) mass is 244 g/mol. The van der Waals surface area contributed by atoms with Gasteiger partial charge in [-0.2, -0.15) is 0 Å². The lowest BCUT2D eigenvalue weighted by Gasteiger charge is -2.24. The first-order valence-corrected chi connectivity index (χ1v) is 5.35.